The first-order valence-electron chi connectivity index (χ1n) is 4.66. The van der Waals surface area contributed by atoms with Gasteiger partial charge in [0.25, 0.3) is 5.91 Å². The Balaban J connectivity index is 2.66. The summed E-state index contributed by atoms with van der Waals surface area (Å²) >= 11 is 0. The van der Waals surface area contributed by atoms with Crippen molar-refractivity contribution in [2.45, 2.75) is 20.0 Å². The van der Waals surface area contributed by atoms with Crippen LogP contribution in [0.3, 0.4) is 0 Å². The molecule has 7 nitrogen and oxygen atoms in total. The highest BCUT2D eigenvalue weighted by atomic mass is 16.6. The quantitative estimate of drug-likeness (QED) is 0.527. The molecule has 0 spiro atoms. The van der Waals surface area contributed by atoms with E-state index in [1.54, 1.807) is 6.07 Å². The molecule has 2 atom stereocenters. The molecule has 2 unspecified atom stereocenters. The smallest absolute Gasteiger partial charge is 0.289 e. The molecule has 86 valence electrons. The van der Waals surface area contributed by atoms with Crippen molar-refractivity contribution in [3.05, 3.63) is 0 Å². The van der Waals surface area contributed by atoms with Crippen molar-refractivity contribution in [2.75, 3.05) is 7.11 Å². The molecule has 0 aromatic rings. The van der Waals surface area contributed by atoms with Gasteiger partial charge in [0.15, 0.2) is 5.84 Å². The fourth-order valence-corrected chi connectivity index (χ4v) is 1.05. The highest BCUT2D eigenvalue weighted by Crippen LogP contribution is 2.15. The maximum absolute atomic E-state index is 11.5. The van der Waals surface area contributed by atoms with Crippen molar-refractivity contribution >= 4 is 17.5 Å². The van der Waals surface area contributed by atoms with E-state index in [4.69, 9.17) is 10.1 Å². The summed E-state index contributed by atoms with van der Waals surface area (Å²) in [5, 5.41) is 18.0. The average molecular weight is 224 g/mol. The summed E-state index contributed by atoms with van der Waals surface area (Å²) < 4.78 is 0. The molecule has 0 aliphatic carbocycles. The Morgan fingerprint density at radius 3 is 2.81 bits per heavy atom. The number of carbonyl (C=O) groups is 1. The highest BCUT2D eigenvalue weighted by molar-refractivity contribution is 6.47. The number of nitriles is 1. The van der Waals surface area contributed by atoms with Gasteiger partial charge in [0.2, 0.25) is 5.71 Å². The third-order valence-corrected chi connectivity index (χ3v) is 2.20. The first kappa shape index (κ1) is 12.0. The lowest BCUT2D eigenvalue weighted by atomic mass is 10.1. The SMILES string of the molecule is CO/N=C(\C#N)C(=O)NC1=NOC(C)C1C. The largest absolute Gasteiger partial charge is 0.398 e. The van der Waals surface area contributed by atoms with Crippen molar-refractivity contribution in [1.82, 2.24) is 5.32 Å². The predicted molar refractivity (Wildman–Crippen MR) is 55.3 cm³/mol. The Morgan fingerprint density at radius 2 is 2.38 bits per heavy atom. The van der Waals surface area contributed by atoms with Crippen LogP contribution >= 0.6 is 0 Å². The molecule has 1 aliphatic heterocycles. The van der Waals surface area contributed by atoms with Gasteiger partial charge in [0.05, 0.1) is 5.92 Å². The van der Waals surface area contributed by atoms with Gasteiger partial charge in [-0.1, -0.05) is 17.2 Å². The second kappa shape index (κ2) is 5.11. The molecule has 0 aromatic carbocycles. The van der Waals surface area contributed by atoms with E-state index in [1.807, 2.05) is 13.8 Å². The lowest BCUT2D eigenvalue weighted by molar-refractivity contribution is -0.113. The van der Waals surface area contributed by atoms with Gasteiger partial charge in [-0.25, -0.2) is 0 Å². The number of hydrogen-bond donors (Lipinski definition) is 1. The molecule has 1 N–H and O–H groups in total. The standard InChI is InChI=1S/C9H12N4O3/c1-5-6(2)16-13-8(5)11-9(14)7(4-10)12-15-3/h5-6H,1-3H3,(H,11,13,14)/b12-7+. The number of amidine groups is 1. The van der Waals surface area contributed by atoms with Gasteiger partial charge in [0.1, 0.15) is 19.3 Å². The van der Waals surface area contributed by atoms with Gasteiger partial charge < -0.3 is 15.0 Å². The van der Waals surface area contributed by atoms with E-state index in [0.29, 0.717) is 5.84 Å². The molecule has 0 radical (unpaired) electrons. The molecular weight excluding hydrogens is 212 g/mol. The maximum Gasteiger partial charge on any atom is 0.289 e. The number of nitrogens with zero attached hydrogens (tertiary/aromatic N) is 3. The minimum absolute atomic E-state index is 0.0357. The van der Waals surface area contributed by atoms with Crippen LogP contribution in [0.5, 0.6) is 0 Å². The van der Waals surface area contributed by atoms with Crippen LogP contribution in [0, 0.1) is 17.2 Å². The van der Waals surface area contributed by atoms with Crippen molar-refractivity contribution in [1.29, 1.82) is 5.26 Å². The van der Waals surface area contributed by atoms with Crippen LogP contribution in [-0.4, -0.2) is 30.7 Å². The van der Waals surface area contributed by atoms with Crippen LogP contribution < -0.4 is 5.32 Å². The minimum atomic E-state index is -0.660. The molecule has 0 saturated heterocycles. The lowest BCUT2D eigenvalue weighted by Gasteiger charge is -2.08. The molecule has 1 rings (SSSR count). The number of oxime groups is 2. The van der Waals surface area contributed by atoms with Gasteiger partial charge in [-0.05, 0) is 6.92 Å². The van der Waals surface area contributed by atoms with Gasteiger partial charge in [-0.3, -0.25) is 4.79 Å². The zero-order valence-electron chi connectivity index (χ0n) is 9.22. The topological polar surface area (TPSA) is 96.1 Å². The van der Waals surface area contributed by atoms with E-state index in [0.717, 1.165) is 0 Å². The zero-order chi connectivity index (χ0) is 12.1. The molecule has 0 bridgehead atoms. The minimum Gasteiger partial charge on any atom is -0.398 e. The number of rotatable bonds is 2. The first-order chi connectivity index (χ1) is 7.60. The Kier molecular flexibility index (Phi) is 3.83. The fraction of sp³-hybridized carbons (Fsp3) is 0.556. The maximum atomic E-state index is 11.5. The second-order valence-electron chi connectivity index (χ2n) is 3.26. The van der Waals surface area contributed by atoms with Crippen molar-refractivity contribution < 1.29 is 14.5 Å². The van der Waals surface area contributed by atoms with E-state index in [1.165, 1.54) is 7.11 Å². The normalized spacial score (nSPS) is 24.1. The second-order valence-corrected chi connectivity index (χ2v) is 3.26. The van der Waals surface area contributed by atoms with E-state index in [9.17, 15) is 4.79 Å². The van der Waals surface area contributed by atoms with Gasteiger partial charge in [-0.2, -0.15) is 5.26 Å². The van der Waals surface area contributed by atoms with Crippen LogP contribution in [0.25, 0.3) is 0 Å². The summed E-state index contributed by atoms with van der Waals surface area (Å²) in [6, 6.07) is 1.62. The molecule has 1 aliphatic rings. The van der Waals surface area contributed by atoms with Gasteiger partial charge in [0, 0.05) is 0 Å². The monoisotopic (exact) mass is 224 g/mol. The number of nitrogens with one attached hydrogen (secondary N) is 1. The van der Waals surface area contributed by atoms with Gasteiger partial charge in [-0.15, -0.1) is 0 Å². The van der Waals surface area contributed by atoms with Crippen LogP contribution in [-0.2, 0) is 14.5 Å². The molecule has 16 heavy (non-hydrogen) atoms. The summed E-state index contributed by atoms with van der Waals surface area (Å²) in [5.74, 6) is -0.310. The highest BCUT2D eigenvalue weighted by Gasteiger charge is 2.28. The number of hydrogen-bond acceptors (Lipinski definition) is 6. The summed E-state index contributed by atoms with van der Waals surface area (Å²) in [4.78, 5) is 20.8. The predicted octanol–water partition coefficient (Wildman–Crippen LogP) is -0.00312. The fourth-order valence-electron chi connectivity index (χ4n) is 1.05. The lowest BCUT2D eigenvalue weighted by Crippen LogP contribution is -2.39. The number of amides is 1. The van der Waals surface area contributed by atoms with Gasteiger partial charge >= 0.3 is 0 Å². The summed E-state index contributed by atoms with van der Waals surface area (Å²) in [5.41, 5.74) is -0.364. The van der Waals surface area contributed by atoms with E-state index in [-0.39, 0.29) is 17.7 Å². The zero-order valence-corrected chi connectivity index (χ0v) is 9.22. The number of carbonyl (C=O) groups excluding carboxylic acids is 1. The van der Waals surface area contributed by atoms with E-state index < -0.39 is 5.91 Å². The Labute approximate surface area is 92.7 Å². The molecule has 0 aromatic heterocycles. The van der Waals surface area contributed by atoms with Crippen LogP contribution in [0.15, 0.2) is 10.3 Å². The van der Waals surface area contributed by atoms with E-state index >= 15 is 0 Å². The Bertz CT molecular complexity index is 383. The van der Waals surface area contributed by atoms with Crippen LogP contribution in [0.4, 0.5) is 0 Å². The van der Waals surface area contributed by atoms with E-state index in [2.05, 4.69) is 20.5 Å². The molecule has 0 saturated carbocycles. The molecule has 7 heteroatoms. The Morgan fingerprint density at radius 1 is 1.69 bits per heavy atom. The van der Waals surface area contributed by atoms with Crippen LogP contribution in [0.1, 0.15) is 13.8 Å². The van der Waals surface area contributed by atoms with Crippen molar-refractivity contribution in [3.63, 3.8) is 0 Å². The van der Waals surface area contributed by atoms with Crippen molar-refractivity contribution in [2.24, 2.45) is 16.2 Å². The van der Waals surface area contributed by atoms with Crippen LogP contribution in [0.2, 0.25) is 0 Å². The summed E-state index contributed by atoms with van der Waals surface area (Å²) in [6.07, 6.45) is -0.0970. The third-order valence-electron chi connectivity index (χ3n) is 2.20. The average Bonchev–Trinajstić information content (AvgIpc) is 2.57. The first-order valence-corrected chi connectivity index (χ1v) is 4.66. The summed E-state index contributed by atoms with van der Waals surface area (Å²) in [7, 11) is 1.26. The third kappa shape index (κ3) is 2.48. The Hall–Kier alpha value is -2.10. The molecule has 1 heterocycles. The molecular formula is C9H12N4O3. The van der Waals surface area contributed by atoms with Crippen molar-refractivity contribution in [3.8, 4) is 6.07 Å². The summed E-state index contributed by atoms with van der Waals surface area (Å²) in [6.45, 7) is 3.69. The molecule has 1 amide bonds. The molecule has 0 fully saturated rings.